The molecule has 96 valence electrons. The van der Waals surface area contributed by atoms with E-state index in [9.17, 15) is 4.79 Å². The van der Waals surface area contributed by atoms with Gasteiger partial charge >= 0.3 is 5.97 Å². The Morgan fingerprint density at radius 1 is 1.47 bits per heavy atom. The second-order valence-corrected chi connectivity index (χ2v) is 6.22. The Hall–Kier alpha value is -1.17. The molecule has 1 aromatic rings. The minimum absolute atomic E-state index is 0.0187. The number of aromatic nitrogens is 2. The highest BCUT2D eigenvalue weighted by Gasteiger charge is 2.22. The van der Waals surface area contributed by atoms with Crippen molar-refractivity contribution in [3.8, 4) is 0 Å². The van der Waals surface area contributed by atoms with Crippen molar-refractivity contribution in [1.82, 2.24) is 10.2 Å². The Balaban J connectivity index is 2.74. The van der Waals surface area contributed by atoms with Crippen molar-refractivity contribution in [3.63, 3.8) is 0 Å². The van der Waals surface area contributed by atoms with Gasteiger partial charge in [0, 0.05) is 19.0 Å². The molecule has 0 spiro atoms. The largest absolute Gasteiger partial charge is 0.481 e. The summed E-state index contributed by atoms with van der Waals surface area (Å²) < 4.78 is 0. The third-order valence-corrected chi connectivity index (χ3v) is 3.82. The zero-order valence-corrected chi connectivity index (χ0v) is 11.7. The lowest BCUT2D eigenvalue weighted by Crippen LogP contribution is -2.28. The van der Waals surface area contributed by atoms with E-state index in [0.29, 0.717) is 6.54 Å². The van der Waals surface area contributed by atoms with Crippen LogP contribution in [0.2, 0.25) is 0 Å². The summed E-state index contributed by atoms with van der Waals surface area (Å²) in [4.78, 5) is 12.6. The first-order valence-electron chi connectivity index (χ1n) is 5.49. The first-order valence-corrected chi connectivity index (χ1v) is 6.31. The summed E-state index contributed by atoms with van der Waals surface area (Å²) in [5.74, 6) is -1.21. The number of nitrogens with zero attached hydrogens (tertiary/aromatic N) is 3. The van der Waals surface area contributed by atoms with Gasteiger partial charge in [-0.25, -0.2) is 0 Å². The van der Waals surface area contributed by atoms with Crippen LogP contribution in [-0.4, -0.2) is 34.9 Å². The predicted molar refractivity (Wildman–Crippen MR) is 68.7 cm³/mol. The summed E-state index contributed by atoms with van der Waals surface area (Å²) >= 11 is 1.51. The standard InChI is InChI=1S/C11H19N3O2S/c1-7(8(15)16)6-14(5)10-13-12-9(17-10)11(2,3)4/h7H,6H2,1-5H3,(H,15,16). The molecule has 0 amide bonds. The average Bonchev–Trinajstić information content (AvgIpc) is 2.65. The summed E-state index contributed by atoms with van der Waals surface area (Å²) in [7, 11) is 1.84. The maximum absolute atomic E-state index is 10.8. The molecule has 1 unspecified atom stereocenters. The molecule has 0 aliphatic rings. The molecule has 5 nitrogen and oxygen atoms in total. The lowest BCUT2D eigenvalue weighted by atomic mass is 9.98. The third kappa shape index (κ3) is 3.66. The number of carbonyl (C=O) groups is 1. The van der Waals surface area contributed by atoms with Crippen molar-refractivity contribution >= 4 is 22.4 Å². The van der Waals surface area contributed by atoms with E-state index in [1.54, 1.807) is 6.92 Å². The van der Waals surface area contributed by atoms with Crippen molar-refractivity contribution < 1.29 is 9.90 Å². The van der Waals surface area contributed by atoms with Gasteiger partial charge < -0.3 is 10.0 Å². The Morgan fingerprint density at radius 2 is 2.06 bits per heavy atom. The van der Waals surface area contributed by atoms with Crippen molar-refractivity contribution in [2.24, 2.45) is 5.92 Å². The van der Waals surface area contributed by atoms with Gasteiger partial charge in [-0.15, -0.1) is 10.2 Å². The van der Waals surface area contributed by atoms with E-state index in [4.69, 9.17) is 5.11 Å². The summed E-state index contributed by atoms with van der Waals surface area (Å²) in [6.07, 6.45) is 0. The van der Waals surface area contributed by atoms with E-state index >= 15 is 0 Å². The quantitative estimate of drug-likeness (QED) is 0.893. The number of hydrogen-bond donors (Lipinski definition) is 1. The van der Waals surface area contributed by atoms with Crippen LogP contribution in [0.4, 0.5) is 5.13 Å². The van der Waals surface area contributed by atoms with Gasteiger partial charge in [-0.2, -0.15) is 0 Å². The van der Waals surface area contributed by atoms with Gasteiger partial charge in [0.1, 0.15) is 5.01 Å². The van der Waals surface area contributed by atoms with Crippen molar-refractivity contribution in [3.05, 3.63) is 5.01 Å². The van der Waals surface area contributed by atoms with Crippen LogP contribution >= 0.6 is 11.3 Å². The molecule has 0 aromatic carbocycles. The first-order chi connectivity index (χ1) is 7.71. The monoisotopic (exact) mass is 257 g/mol. The van der Waals surface area contributed by atoms with E-state index in [0.717, 1.165) is 10.1 Å². The number of carboxylic acids is 1. The molecule has 0 aliphatic heterocycles. The van der Waals surface area contributed by atoms with Crippen molar-refractivity contribution in [2.75, 3.05) is 18.5 Å². The van der Waals surface area contributed by atoms with E-state index in [1.807, 2.05) is 11.9 Å². The Labute approximate surface area is 105 Å². The number of anilines is 1. The van der Waals surface area contributed by atoms with Crippen LogP contribution in [0, 0.1) is 5.92 Å². The molecule has 1 aromatic heterocycles. The molecule has 1 heterocycles. The zero-order valence-electron chi connectivity index (χ0n) is 10.9. The fourth-order valence-electron chi connectivity index (χ4n) is 1.24. The molecule has 0 radical (unpaired) electrons. The fraction of sp³-hybridized carbons (Fsp3) is 0.727. The molecule has 17 heavy (non-hydrogen) atoms. The molecule has 0 bridgehead atoms. The molecule has 0 saturated carbocycles. The number of aliphatic carboxylic acids is 1. The highest BCUT2D eigenvalue weighted by Crippen LogP contribution is 2.29. The van der Waals surface area contributed by atoms with Crippen molar-refractivity contribution in [1.29, 1.82) is 0 Å². The highest BCUT2D eigenvalue weighted by molar-refractivity contribution is 7.15. The lowest BCUT2D eigenvalue weighted by molar-refractivity contribution is -0.140. The summed E-state index contributed by atoms with van der Waals surface area (Å²) in [6.45, 7) is 8.37. The lowest BCUT2D eigenvalue weighted by Gasteiger charge is -2.17. The Bertz CT molecular complexity index is 398. The Kier molecular flexibility index (Phi) is 4.08. The molecular formula is C11H19N3O2S. The normalized spacial score (nSPS) is 13.5. The molecule has 1 atom stereocenters. The third-order valence-electron chi connectivity index (χ3n) is 2.35. The first kappa shape index (κ1) is 13.9. The second-order valence-electron chi connectivity index (χ2n) is 5.26. The number of hydrogen-bond acceptors (Lipinski definition) is 5. The molecular weight excluding hydrogens is 238 g/mol. The van der Waals surface area contributed by atoms with E-state index in [-0.39, 0.29) is 5.41 Å². The van der Waals surface area contributed by atoms with Crippen LogP contribution in [0.5, 0.6) is 0 Å². The van der Waals surface area contributed by atoms with Gasteiger partial charge in [-0.05, 0) is 0 Å². The second kappa shape index (κ2) is 5.00. The minimum atomic E-state index is -0.794. The zero-order chi connectivity index (χ0) is 13.2. The fourth-order valence-corrected chi connectivity index (χ4v) is 2.11. The van der Waals surface area contributed by atoms with E-state index in [1.165, 1.54) is 11.3 Å². The average molecular weight is 257 g/mol. The maximum Gasteiger partial charge on any atom is 0.308 e. The molecule has 0 aliphatic carbocycles. The smallest absolute Gasteiger partial charge is 0.308 e. The maximum atomic E-state index is 10.8. The minimum Gasteiger partial charge on any atom is -0.481 e. The van der Waals surface area contributed by atoms with Crippen LogP contribution in [0.25, 0.3) is 0 Å². The number of rotatable bonds is 4. The molecule has 6 heteroatoms. The summed E-state index contributed by atoms with van der Waals surface area (Å²) in [6, 6.07) is 0. The molecule has 0 fully saturated rings. The van der Waals surface area contributed by atoms with Crippen LogP contribution in [0.15, 0.2) is 0 Å². The molecule has 1 N–H and O–H groups in total. The van der Waals surface area contributed by atoms with Crippen LogP contribution < -0.4 is 4.90 Å². The van der Waals surface area contributed by atoms with Crippen molar-refractivity contribution in [2.45, 2.75) is 33.1 Å². The van der Waals surface area contributed by atoms with Gasteiger partial charge in [0.2, 0.25) is 5.13 Å². The van der Waals surface area contributed by atoms with Gasteiger partial charge in [-0.3, -0.25) is 4.79 Å². The van der Waals surface area contributed by atoms with E-state index < -0.39 is 11.9 Å². The van der Waals surface area contributed by atoms with Gasteiger partial charge in [0.15, 0.2) is 0 Å². The number of carboxylic acid groups (broad SMARTS) is 1. The molecule has 1 rings (SSSR count). The van der Waals surface area contributed by atoms with Crippen LogP contribution in [0.1, 0.15) is 32.7 Å². The van der Waals surface area contributed by atoms with Crippen LogP contribution in [0.3, 0.4) is 0 Å². The van der Waals surface area contributed by atoms with Gasteiger partial charge in [-0.1, -0.05) is 39.0 Å². The predicted octanol–water partition coefficient (Wildman–Crippen LogP) is 1.99. The topological polar surface area (TPSA) is 66.3 Å². The highest BCUT2D eigenvalue weighted by atomic mass is 32.1. The van der Waals surface area contributed by atoms with Gasteiger partial charge in [0.05, 0.1) is 5.92 Å². The van der Waals surface area contributed by atoms with Crippen LogP contribution in [-0.2, 0) is 10.2 Å². The molecule has 0 saturated heterocycles. The SMILES string of the molecule is CC(CN(C)c1nnc(C(C)(C)C)s1)C(=O)O. The van der Waals surface area contributed by atoms with Gasteiger partial charge in [0.25, 0.3) is 0 Å². The van der Waals surface area contributed by atoms with E-state index in [2.05, 4.69) is 31.0 Å². The Morgan fingerprint density at radius 3 is 2.47 bits per heavy atom. The summed E-state index contributed by atoms with van der Waals surface area (Å²) in [5, 5.41) is 18.8. The summed E-state index contributed by atoms with van der Waals surface area (Å²) in [5.41, 5.74) is -0.0187.